The third kappa shape index (κ3) is 6.29. The lowest BCUT2D eigenvalue weighted by molar-refractivity contribution is -0.136. The summed E-state index contributed by atoms with van der Waals surface area (Å²) >= 11 is 12.0. The molecule has 2 amide bonds. The quantitative estimate of drug-likeness (QED) is 0.0987. The van der Waals surface area contributed by atoms with Gasteiger partial charge in [-0.15, -0.1) is 0 Å². The Labute approximate surface area is 228 Å². The highest BCUT2D eigenvalue weighted by Crippen LogP contribution is 2.30. The van der Waals surface area contributed by atoms with Crippen molar-refractivity contribution in [2.45, 2.75) is 6.92 Å². The maximum atomic E-state index is 12.8. The topological polar surface area (TPSA) is 106 Å². The number of carbonyl (C=O) groups is 3. The zero-order chi connectivity index (χ0) is 27.1. The molecule has 0 heterocycles. The highest BCUT2D eigenvalue weighted by Gasteiger charge is 2.17. The van der Waals surface area contributed by atoms with Crippen molar-refractivity contribution in [2.75, 3.05) is 11.9 Å². The molecule has 0 atom stereocenters. The number of halogens is 2. The first-order chi connectivity index (χ1) is 18.4. The maximum Gasteiger partial charge on any atom is 0.343 e. The zero-order valence-corrected chi connectivity index (χ0v) is 21.5. The van der Waals surface area contributed by atoms with E-state index in [-0.39, 0.29) is 21.5 Å². The van der Waals surface area contributed by atoms with Gasteiger partial charge in [0, 0.05) is 5.56 Å². The number of esters is 1. The molecule has 38 heavy (non-hydrogen) atoms. The number of fused-ring (bicyclic) bond motifs is 1. The molecule has 0 saturated carbocycles. The second-order valence-electron chi connectivity index (χ2n) is 7.80. The predicted octanol–water partition coefficient (Wildman–Crippen LogP) is 5.85. The van der Waals surface area contributed by atoms with E-state index in [0.29, 0.717) is 23.5 Å². The number of amides is 2. The van der Waals surface area contributed by atoms with Crippen LogP contribution in [0, 0.1) is 0 Å². The first-order valence-electron chi connectivity index (χ1n) is 11.4. The highest BCUT2D eigenvalue weighted by molar-refractivity contribution is 6.45. The van der Waals surface area contributed by atoms with Crippen molar-refractivity contribution in [1.29, 1.82) is 0 Å². The van der Waals surface area contributed by atoms with Crippen LogP contribution in [-0.2, 0) is 9.59 Å². The summed E-state index contributed by atoms with van der Waals surface area (Å²) in [6.07, 6.45) is 1.31. The number of anilines is 1. The number of hydrazone groups is 1. The largest absolute Gasteiger partial charge is 0.494 e. The molecule has 0 aliphatic rings. The van der Waals surface area contributed by atoms with Crippen molar-refractivity contribution < 1.29 is 23.9 Å². The number of benzene rings is 4. The first-order valence-corrected chi connectivity index (χ1v) is 12.2. The third-order valence-electron chi connectivity index (χ3n) is 5.30. The number of hydrogen-bond donors (Lipinski definition) is 2. The average molecular weight is 550 g/mol. The summed E-state index contributed by atoms with van der Waals surface area (Å²) < 4.78 is 11.1. The zero-order valence-electron chi connectivity index (χ0n) is 20.0. The molecule has 2 N–H and O–H groups in total. The molecule has 0 unspecified atom stereocenters. The van der Waals surface area contributed by atoms with Crippen molar-refractivity contribution in [1.82, 2.24) is 5.43 Å². The monoisotopic (exact) mass is 549 g/mol. The lowest BCUT2D eigenvalue weighted by Gasteiger charge is -2.11. The number of nitrogens with one attached hydrogen (secondary N) is 2. The van der Waals surface area contributed by atoms with E-state index in [2.05, 4.69) is 15.8 Å². The Morgan fingerprint density at radius 1 is 0.895 bits per heavy atom. The summed E-state index contributed by atoms with van der Waals surface area (Å²) in [6.45, 7) is 2.38. The molecule has 4 aromatic carbocycles. The molecule has 8 nitrogen and oxygen atoms in total. The van der Waals surface area contributed by atoms with E-state index in [4.69, 9.17) is 32.7 Å². The van der Waals surface area contributed by atoms with Gasteiger partial charge in [-0.1, -0.05) is 59.6 Å². The molecule has 0 aliphatic carbocycles. The second kappa shape index (κ2) is 12.2. The summed E-state index contributed by atoms with van der Waals surface area (Å²) in [5.74, 6) is -1.76. The Kier molecular flexibility index (Phi) is 8.58. The lowest BCUT2D eigenvalue weighted by atomic mass is 10.0. The summed E-state index contributed by atoms with van der Waals surface area (Å²) in [7, 11) is 0. The fourth-order valence-corrected chi connectivity index (χ4v) is 3.84. The van der Waals surface area contributed by atoms with E-state index in [1.165, 1.54) is 12.3 Å². The number of carbonyl (C=O) groups excluding carboxylic acids is 3. The number of ether oxygens (including phenoxy) is 2. The summed E-state index contributed by atoms with van der Waals surface area (Å²) in [6, 6.07) is 22.0. The van der Waals surface area contributed by atoms with Gasteiger partial charge >= 0.3 is 17.8 Å². The van der Waals surface area contributed by atoms with E-state index >= 15 is 0 Å². The van der Waals surface area contributed by atoms with Crippen LogP contribution < -0.4 is 20.2 Å². The molecule has 192 valence electrons. The van der Waals surface area contributed by atoms with Crippen LogP contribution in [-0.4, -0.2) is 30.6 Å². The van der Waals surface area contributed by atoms with Gasteiger partial charge in [-0.05, 0) is 60.2 Å². The fraction of sp³-hybridized carbons (Fsp3) is 0.0714. The molecule has 0 bridgehead atoms. The minimum absolute atomic E-state index is 0.105. The second-order valence-corrected chi connectivity index (χ2v) is 8.59. The average Bonchev–Trinajstić information content (AvgIpc) is 2.92. The van der Waals surface area contributed by atoms with Gasteiger partial charge in [0.05, 0.1) is 34.1 Å². The molecule has 0 aromatic heterocycles. The first kappa shape index (κ1) is 26.7. The van der Waals surface area contributed by atoms with Crippen LogP contribution in [0.2, 0.25) is 10.0 Å². The van der Waals surface area contributed by atoms with E-state index in [1.54, 1.807) is 48.5 Å². The van der Waals surface area contributed by atoms with E-state index < -0.39 is 17.8 Å². The fourth-order valence-electron chi connectivity index (χ4n) is 3.50. The van der Waals surface area contributed by atoms with Crippen LogP contribution in [0.5, 0.6) is 11.5 Å². The van der Waals surface area contributed by atoms with Crippen LogP contribution in [0.15, 0.2) is 84.0 Å². The third-order valence-corrected chi connectivity index (χ3v) is 6.12. The van der Waals surface area contributed by atoms with Gasteiger partial charge in [0.25, 0.3) is 0 Å². The van der Waals surface area contributed by atoms with E-state index in [9.17, 15) is 14.4 Å². The molecule has 0 fully saturated rings. The van der Waals surface area contributed by atoms with Gasteiger partial charge in [-0.2, -0.15) is 5.10 Å². The molecule has 4 aromatic rings. The standard InChI is InChI=1S/C28H21Cl2N3O5/c1-2-37-19-13-10-18(11-14-19)28(36)38-24-15-12-17-6-3-4-7-20(17)21(24)16-31-33-27(35)26(34)32-23-9-5-8-22(29)25(23)30/h3-16H,2H2,1H3,(H,32,34)(H,33,35)/b31-16-. The Morgan fingerprint density at radius 2 is 1.66 bits per heavy atom. The molecular formula is C28H21Cl2N3O5. The minimum Gasteiger partial charge on any atom is -0.494 e. The molecule has 4 rings (SSSR count). The molecule has 0 aliphatic heterocycles. The van der Waals surface area contributed by atoms with Gasteiger partial charge in [-0.3, -0.25) is 9.59 Å². The Morgan fingerprint density at radius 3 is 2.42 bits per heavy atom. The summed E-state index contributed by atoms with van der Waals surface area (Å²) in [4.78, 5) is 37.4. The lowest BCUT2D eigenvalue weighted by Crippen LogP contribution is -2.32. The van der Waals surface area contributed by atoms with E-state index in [0.717, 1.165) is 10.8 Å². The van der Waals surface area contributed by atoms with Crippen molar-refractivity contribution >= 4 is 63.7 Å². The Balaban J connectivity index is 1.52. The van der Waals surface area contributed by atoms with Crippen LogP contribution in [0.4, 0.5) is 5.69 Å². The normalized spacial score (nSPS) is 10.8. The smallest absolute Gasteiger partial charge is 0.343 e. The minimum atomic E-state index is -1.04. The highest BCUT2D eigenvalue weighted by atomic mass is 35.5. The number of rotatable bonds is 7. The molecule has 10 heteroatoms. The van der Waals surface area contributed by atoms with Gasteiger partial charge in [0.15, 0.2) is 0 Å². The van der Waals surface area contributed by atoms with Gasteiger partial charge in [-0.25, -0.2) is 10.2 Å². The predicted molar refractivity (Wildman–Crippen MR) is 147 cm³/mol. The summed E-state index contributed by atoms with van der Waals surface area (Å²) in [5, 5.41) is 8.20. The summed E-state index contributed by atoms with van der Waals surface area (Å²) in [5.41, 5.74) is 3.11. The van der Waals surface area contributed by atoms with Crippen LogP contribution in [0.25, 0.3) is 10.8 Å². The molecular weight excluding hydrogens is 529 g/mol. The van der Waals surface area contributed by atoms with Crippen LogP contribution in [0.3, 0.4) is 0 Å². The van der Waals surface area contributed by atoms with Crippen molar-refractivity contribution in [3.63, 3.8) is 0 Å². The Bertz CT molecular complexity index is 1540. The maximum absolute atomic E-state index is 12.8. The van der Waals surface area contributed by atoms with Crippen molar-refractivity contribution in [3.8, 4) is 11.5 Å². The van der Waals surface area contributed by atoms with Gasteiger partial charge in [0.1, 0.15) is 11.5 Å². The number of hydrogen-bond acceptors (Lipinski definition) is 6. The Hall–Kier alpha value is -4.40. The molecule has 0 radical (unpaired) electrons. The van der Waals surface area contributed by atoms with Crippen molar-refractivity contribution in [2.24, 2.45) is 5.10 Å². The van der Waals surface area contributed by atoms with Crippen molar-refractivity contribution in [3.05, 3.63) is 100 Å². The molecule has 0 spiro atoms. The van der Waals surface area contributed by atoms with Crippen LogP contribution in [0.1, 0.15) is 22.8 Å². The molecule has 0 saturated heterocycles. The van der Waals surface area contributed by atoms with Gasteiger partial charge in [0.2, 0.25) is 0 Å². The number of nitrogens with zero attached hydrogens (tertiary/aromatic N) is 1. The SMILES string of the molecule is CCOc1ccc(C(=O)Oc2ccc3ccccc3c2/C=N\NC(=O)C(=O)Nc2cccc(Cl)c2Cl)cc1. The van der Waals surface area contributed by atoms with E-state index in [1.807, 2.05) is 31.2 Å². The van der Waals surface area contributed by atoms with Gasteiger partial charge < -0.3 is 14.8 Å². The van der Waals surface area contributed by atoms with Crippen LogP contribution >= 0.6 is 23.2 Å².